The standard InChI is InChI=1S/C7H9N7/c8-6-12-4-13-7(14-6)10-2-5-1-9-3-11-5/h1,3-4H,2H2,(H,9,11)(H3,8,10,12,13,14). The number of anilines is 2. The van der Waals surface area contributed by atoms with Crippen molar-refractivity contribution < 1.29 is 0 Å². The Bertz CT molecular complexity index is 396. The first kappa shape index (κ1) is 8.42. The zero-order valence-electron chi connectivity index (χ0n) is 7.31. The summed E-state index contributed by atoms with van der Waals surface area (Å²) in [7, 11) is 0. The summed E-state index contributed by atoms with van der Waals surface area (Å²) in [5.74, 6) is 0.652. The van der Waals surface area contributed by atoms with Crippen LogP contribution in [0.3, 0.4) is 0 Å². The number of aromatic nitrogens is 5. The van der Waals surface area contributed by atoms with E-state index in [4.69, 9.17) is 5.73 Å². The van der Waals surface area contributed by atoms with E-state index >= 15 is 0 Å². The zero-order chi connectivity index (χ0) is 9.80. The van der Waals surface area contributed by atoms with Crippen LogP contribution in [0, 0.1) is 0 Å². The highest BCUT2D eigenvalue weighted by atomic mass is 15.2. The second-order valence-electron chi connectivity index (χ2n) is 2.60. The highest BCUT2D eigenvalue weighted by molar-refractivity contribution is 5.29. The number of nitrogens with zero attached hydrogens (tertiary/aromatic N) is 4. The van der Waals surface area contributed by atoms with Crippen molar-refractivity contribution in [1.82, 2.24) is 24.9 Å². The summed E-state index contributed by atoms with van der Waals surface area (Å²) in [6.07, 6.45) is 4.69. The van der Waals surface area contributed by atoms with Gasteiger partial charge in [-0.05, 0) is 0 Å². The summed E-state index contributed by atoms with van der Waals surface area (Å²) in [4.78, 5) is 18.3. The first-order chi connectivity index (χ1) is 6.84. The van der Waals surface area contributed by atoms with E-state index in [1.807, 2.05) is 0 Å². The molecule has 72 valence electrons. The highest BCUT2D eigenvalue weighted by Gasteiger charge is 1.97. The summed E-state index contributed by atoms with van der Waals surface area (Å²) >= 11 is 0. The Morgan fingerprint density at radius 2 is 2.36 bits per heavy atom. The van der Waals surface area contributed by atoms with E-state index in [-0.39, 0.29) is 5.95 Å². The summed E-state index contributed by atoms with van der Waals surface area (Å²) in [6, 6.07) is 0. The Morgan fingerprint density at radius 1 is 1.43 bits per heavy atom. The van der Waals surface area contributed by atoms with Crippen LogP contribution in [0.2, 0.25) is 0 Å². The molecule has 2 rings (SSSR count). The fourth-order valence-corrected chi connectivity index (χ4v) is 0.950. The lowest BCUT2D eigenvalue weighted by Crippen LogP contribution is -2.06. The van der Waals surface area contributed by atoms with E-state index in [9.17, 15) is 0 Å². The van der Waals surface area contributed by atoms with E-state index in [2.05, 4.69) is 30.2 Å². The molecular weight excluding hydrogens is 182 g/mol. The number of H-pyrrole nitrogens is 1. The van der Waals surface area contributed by atoms with Gasteiger partial charge in [0, 0.05) is 6.20 Å². The first-order valence-electron chi connectivity index (χ1n) is 4.00. The van der Waals surface area contributed by atoms with Crippen LogP contribution in [-0.4, -0.2) is 24.9 Å². The van der Waals surface area contributed by atoms with Crippen molar-refractivity contribution in [2.75, 3.05) is 11.1 Å². The van der Waals surface area contributed by atoms with Crippen molar-refractivity contribution in [3.8, 4) is 0 Å². The van der Waals surface area contributed by atoms with Crippen molar-refractivity contribution in [2.24, 2.45) is 0 Å². The maximum atomic E-state index is 5.39. The summed E-state index contributed by atoms with van der Waals surface area (Å²) in [5.41, 5.74) is 6.33. The van der Waals surface area contributed by atoms with E-state index in [1.165, 1.54) is 6.33 Å². The molecule has 0 aliphatic heterocycles. The molecule has 0 aliphatic carbocycles. The van der Waals surface area contributed by atoms with Crippen LogP contribution in [0.4, 0.5) is 11.9 Å². The van der Waals surface area contributed by atoms with Crippen molar-refractivity contribution in [3.05, 3.63) is 24.5 Å². The minimum atomic E-state index is 0.201. The van der Waals surface area contributed by atoms with Gasteiger partial charge < -0.3 is 16.0 Å². The second-order valence-corrected chi connectivity index (χ2v) is 2.60. The van der Waals surface area contributed by atoms with Gasteiger partial charge in [0.15, 0.2) is 0 Å². The molecule has 14 heavy (non-hydrogen) atoms. The highest BCUT2D eigenvalue weighted by Crippen LogP contribution is 2.00. The third-order valence-corrected chi connectivity index (χ3v) is 1.58. The number of nitrogens with one attached hydrogen (secondary N) is 2. The Balaban J connectivity index is 1.98. The molecule has 0 spiro atoms. The lowest BCUT2D eigenvalue weighted by molar-refractivity contribution is 0.990. The molecule has 7 heteroatoms. The van der Waals surface area contributed by atoms with Crippen molar-refractivity contribution in [1.29, 1.82) is 0 Å². The molecule has 4 N–H and O–H groups in total. The third kappa shape index (κ3) is 1.94. The lowest BCUT2D eigenvalue weighted by Gasteiger charge is -2.01. The van der Waals surface area contributed by atoms with Gasteiger partial charge in [0.1, 0.15) is 6.33 Å². The molecule has 0 radical (unpaired) electrons. The minimum absolute atomic E-state index is 0.201. The normalized spacial score (nSPS) is 10.0. The molecule has 0 amide bonds. The molecule has 0 atom stereocenters. The zero-order valence-corrected chi connectivity index (χ0v) is 7.31. The van der Waals surface area contributed by atoms with Gasteiger partial charge in [0.2, 0.25) is 11.9 Å². The van der Waals surface area contributed by atoms with E-state index in [0.717, 1.165) is 5.69 Å². The molecule has 7 nitrogen and oxygen atoms in total. The van der Waals surface area contributed by atoms with Gasteiger partial charge in [-0.3, -0.25) is 0 Å². The van der Waals surface area contributed by atoms with Crippen molar-refractivity contribution >= 4 is 11.9 Å². The first-order valence-corrected chi connectivity index (χ1v) is 4.00. The molecule has 2 heterocycles. The largest absolute Gasteiger partial charge is 0.368 e. The molecule has 0 aromatic carbocycles. The van der Waals surface area contributed by atoms with Gasteiger partial charge >= 0.3 is 0 Å². The van der Waals surface area contributed by atoms with E-state index in [0.29, 0.717) is 12.5 Å². The smallest absolute Gasteiger partial charge is 0.227 e. The fourth-order valence-electron chi connectivity index (χ4n) is 0.950. The lowest BCUT2D eigenvalue weighted by atomic mass is 10.5. The number of hydrogen-bond donors (Lipinski definition) is 3. The van der Waals surface area contributed by atoms with Crippen LogP contribution in [-0.2, 0) is 6.54 Å². The fraction of sp³-hybridized carbons (Fsp3) is 0.143. The number of rotatable bonds is 3. The summed E-state index contributed by atoms with van der Waals surface area (Å²) in [6.45, 7) is 0.573. The average Bonchev–Trinajstić information content (AvgIpc) is 2.67. The van der Waals surface area contributed by atoms with Gasteiger partial charge in [-0.2, -0.15) is 4.98 Å². The maximum absolute atomic E-state index is 5.39. The van der Waals surface area contributed by atoms with Crippen LogP contribution in [0.5, 0.6) is 0 Å². The third-order valence-electron chi connectivity index (χ3n) is 1.58. The molecule has 2 aromatic rings. The van der Waals surface area contributed by atoms with Crippen LogP contribution < -0.4 is 11.1 Å². The van der Waals surface area contributed by atoms with E-state index in [1.54, 1.807) is 12.5 Å². The molecule has 0 aliphatic rings. The number of imidazole rings is 1. The predicted octanol–water partition coefficient (Wildman–Crippen LogP) is -0.211. The Morgan fingerprint density at radius 3 is 3.07 bits per heavy atom. The van der Waals surface area contributed by atoms with Gasteiger partial charge in [-0.25, -0.2) is 15.0 Å². The summed E-state index contributed by atoms with van der Waals surface area (Å²) < 4.78 is 0. The topological polar surface area (TPSA) is 105 Å². The van der Waals surface area contributed by atoms with Crippen molar-refractivity contribution in [3.63, 3.8) is 0 Å². The Kier molecular flexibility index (Phi) is 2.22. The molecule has 0 saturated carbocycles. The predicted molar refractivity (Wildman–Crippen MR) is 50.2 cm³/mol. The van der Waals surface area contributed by atoms with Gasteiger partial charge in [0.05, 0.1) is 18.6 Å². The number of nitrogens with two attached hydrogens (primary N) is 1. The van der Waals surface area contributed by atoms with Gasteiger partial charge in [0.25, 0.3) is 0 Å². The van der Waals surface area contributed by atoms with Gasteiger partial charge in [-0.1, -0.05) is 0 Å². The quantitative estimate of drug-likeness (QED) is 0.619. The molecule has 2 aromatic heterocycles. The van der Waals surface area contributed by atoms with Crippen LogP contribution in [0.25, 0.3) is 0 Å². The van der Waals surface area contributed by atoms with E-state index < -0.39 is 0 Å². The maximum Gasteiger partial charge on any atom is 0.227 e. The number of nitrogen functional groups attached to an aromatic ring is 1. The molecule has 0 bridgehead atoms. The van der Waals surface area contributed by atoms with Crippen LogP contribution in [0.15, 0.2) is 18.9 Å². The van der Waals surface area contributed by atoms with Gasteiger partial charge in [-0.15, -0.1) is 0 Å². The SMILES string of the molecule is Nc1ncnc(NCc2cnc[nH]2)n1. The van der Waals surface area contributed by atoms with Crippen molar-refractivity contribution in [2.45, 2.75) is 6.54 Å². The molecule has 0 fully saturated rings. The van der Waals surface area contributed by atoms with Crippen LogP contribution in [0.1, 0.15) is 5.69 Å². The molecular formula is C7H9N7. The number of aromatic amines is 1. The monoisotopic (exact) mass is 191 g/mol. The average molecular weight is 191 g/mol. The molecule has 0 saturated heterocycles. The molecule has 0 unspecified atom stereocenters. The Labute approximate surface area is 79.8 Å². The second kappa shape index (κ2) is 3.69. The minimum Gasteiger partial charge on any atom is -0.368 e. The number of hydrogen-bond acceptors (Lipinski definition) is 6. The Hall–Kier alpha value is -2.18. The van der Waals surface area contributed by atoms with Crippen LogP contribution >= 0.6 is 0 Å². The summed E-state index contributed by atoms with van der Waals surface area (Å²) in [5, 5.41) is 2.97.